The summed E-state index contributed by atoms with van der Waals surface area (Å²) in [6.07, 6.45) is -0.891. The summed E-state index contributed by atoms with van der Waals surface area (Å²) in [5.41, 5.74) is 7.68. The van der Waals surface area contributed by atoms with E-state index < -0.39 is 6.10 Å². The highest BCUT2D eigenvalue weighted by Gasteiger charge is 2.20. The monoisotopic (exact) mass is 337 g/mol. The van der Waals surface area contributed by atoms with E-state index in [4.69, 9.17) is 15.2 Å². The second-order valence-corrected chi connectivity index (χ2v) is 5.17. The molecule has 5 heteroatoms. The Hall–Kier alpha value is -1.72. The predicted octanol–water partition coefficient (Wildman–Crippen LogP) is 3.13. The van der Waals surface area contributed by atoms with Crippen molar-refractivity contribution in [1.82, 2.24) is 0 Å². The minimum Gasteiger partial charge on any atom is -0.493 e. The molecule has 0 aliphatic heterocycles. The SMILES string of the molecule is COc1cccc(C(O)c2cc(Br)ccc2N)c1OC. The van der Waals surface area contributed by atoms with Gasteiger partial charge in [0.1, 0.15) is 6.10 Å². The zero-order valence-electron chi connectivity index (χ0n) is 11.3. The van der Waals surface area contributed by atoms with E-state index >= 15 is 0 Å². The number of hydrogen-bond acceptors (Lipinski definition) is 4. The summed E-state index contributed by atoms with van der Waals surface area (Å²) in [6, 6.07) is 10.7. The molecule has 0 heterocycles. The number of methoxy groups -OCH3 is 2. The van der Waals surface area contributed by atoms with Crippen LogP contribution in [-0.4, -0.2) is 19.3 Å². The Kier molecular flexibility index (Phi) is 4.52. The molecular weight excluding hydrogens is 322 g/mol. The molecule has 0 fully saturated rings. The van der Waals surface area contributed by atoms with Gasteiger partial charge in [-0.05, 0) is 24.3 Å². The molecule has 2 rings (SSSR count). The number of nitrogen functional groups attached to an aromatic ring is 1. The van der Waals surface area contributed by atoms with E-state index in [0.717, 1.165) is 4.47 Å². The highest BCUT2D eigenvalue weighted by atomic mass is 79.9. The Balaban J connectivity index is 2.53. The Labute approximate surface area is 126 Å². The van der Waals surface area contributed by atoms with Gasteiger partial charge in [0.05, 0.1) is 14.2 Å². The summed E-state index contributed by atoms with van der Waals surface area (Å²) in [4.78, 5) is 0. The number of hydrogen-bond donors (Lipinski definition) is 2. The number of anilines is 1. The second-order valence-electron chi connectivity index (χ2n) is 4.26. The quantitative estimate of drug-likeness (QED) is 0.841. The molecule has 1 atom stereocenters. The molecule has 4 nitrogen and oxygen atoms in total. The Bertz CT molecular complexity index is 616. The lowest BCUT2D eigenvalue weighted by molar-refractivity contribution is 0.213. The fourth-order valence-corrected chi connectivity index (χ4v) is 2.46. The molecule has 3 N–H and O–H groups in total. The largest absolute Gasteiger partial charge is 0.493 e. The lowest BCUT2D eigenvalue weighted by Gasteiger charge is -2.18. The highest BCUT2D eigenvalue weighted by Crippen LogP contribution is 2.38. The third-order valence-electron chi connectivity index (χ3n) is 3.07. The van der Waals surface area contributed by atoms with Crippen LogP contribution in [0, 0.1) is 0 Å². The average molecular weight is 338 g/mol. The van der Waals surface area contributed by atoms with Crippen molar-refractivity contribution in [3.63, 3.8) is 0 Å². The normalized spacial score (nSPS) is 12.0. The minimum absolute atomic E-state index is 0.502. The van der Waals surface area contributed by atoms with Crippen molar-refractivity contribution in [2.45, 2.75) is 6.10 Å². The van der Waals surface area contributed by atoms with Crippen LogP contribution < -0.4 is 15.2 Å². The maximum Gasteiger partial charge on any atom is 0.166 e. The van der Waals surface area contributed by atoms with Crippen molar-refractivity contribution < 1.29 is 14.6 Å². The van der Waals surface area contributed by atoms with Crippen molar-refractivity contribution in [2.75, 3.05) is 20.0 Å². The zero-order valence-corrected chi connectivity index (χ0v) is 12.8. The van der Waals surface area contributed by atoms with E-state index in [2.05, 4.69) is 15.9 Å². The van der Waals surface area contributed by atoms with Gasteiger partial charge in [0.15, 0.2) is 11.5 Å². The number of benzene rings is 2. The third kappa shape index (κ3) is 2.73. The molecule has 0 aliphatic carbocycles. The van der Waals surface area contributed by atoms with Gasteiger partial charge in [0.25, 0.3) is 0 Å². The number of ether oxygens (including phenoxy) is 2. The first-order valence-electron chi connectivity index (χ1n) is 6.02. The molecule has 0 amide bonds. The van der Waals surface area contributed by atoms with E-state index in [1.807, 2.05) is 6.07 Å². The molecule has 0 spiro atoms. The molecule has 2 aromatic carbocycles. The van der Waals surface area contributed by atoms with E-state index in [-0.39, 0.29) is 0 Å². The standard InChI is InChI=1S/C15H16BrNO3/c1-19-13-5-3-4-10(15(13)20-2)14(18)11-8-9(16)6-7-12(11)17/h3-8,14,18H,17H2,1-2H3. The molecular formula is C15H16BrNO3. The molecule has 2 aromatic rings. The van der Waals surface area contributed by atoms with E-state index in [1.165, 1.54) is 0 Å². The smallest absolute Gasteiger partial charge is 0.166 e. The summed E-state index contributed by atoms with van der Waals surface area (Å²) < 4.78 is 11.4. The number of rotatable bonds is 4. The van der Waals surface area contributed by atoms with Crippen LogP contribution in [-0.2, 0) is 0 Å². The van der Waals surface area contributed by atoms with Crippen LogP contribution in [0.2, 0.25) is 0 Å². The summed E-state index contributed by atoms with van der Waals surface area (Å²) in [7, 11) is 3.10. The van der Waals surface area contributed by atoms with Gasteiger partial charge < -0.3 is 20.3 Å². The molecule has 1 unspecified atom stereocenters. The van der Waals surface area contributed by atoms with Crippen molar-refractivity contribution in [3.05, 3.63) is 52.0 Å². The Morgan fingerprint density at radius 1 is 1.10 bits per heavy atom. The lowest BCUT2D eigenvalue weighted by Crippen LogP contribution is -2.06. The van der Waals surface area contributed by atoms with Crippen molar-refractivity contribution >= 4 is 21.6 Å². The van der Waals surface area contributed by atoms with Gasteiger partial charge in [-0.1, -0.05) is 28.1 Å². The van der Waals surface area contributed by atoms with Crippen LogP contribution in [0.1, 0.15) is 17.2 Å². The molecule has 20 heavy (non-hydrogen) atoms. The van der Waals surface area contributed by atoms with Crippen molar-refractivity contribution in [1.29, 1.82) is 0 Å². The number of para-hydroxylation sites is 1. The average Bonchev–Trinajstić information content (AvgIpc) is 2.48. The van der Waals surface area contributed by atoms with Crippen molar-refractivity contribution in [2.24, 2.45) is 0 Å². The van der Waals surface area contributed by atoms with Crippen LogP contribution in [0.5, 0.6) is 11.5 Å². The molecule has 0 radical (unpaired) electrons. The van der Waals surface area contributed by atoms with Crippen LogP contribution in [0.15, 0.2) is 40.9 Å². The Morgan fingerprint density at radius 2 is 1.85 bits per heavy atom. The fourth-order valence-electron chi connectivity index (χ4n) is 2.08. The molecule has 0 aliphatic rings. The van der Waals surface area contributed by atoms with Gasteiger partial charge in [0, 0.05) is 21.3 Å². The van der Waals surface area contributed by atoms with E-state index in [0.29, 0.717) is 28.3 Å². The van der Waals surface area contributed by atoms with Gasteiger partial charge in [-0.3, -0.25) is 0 Å². The van der Waals surface area contributed by atoms with Gasteiger partial charge >= 0.3 is 0 Å². The first-order valence-corrected chi connectivity index (χ1v) is 6.81. The minimum atomic E-state index is -0.891. The highest BCUT2D eigenvalue weighted by molar-refractivity contribution is 9.10. The van der Waals surface area contributed by atoms with Crippen molar-refractivity contribution in [3.8, 4) is 11.5 Å². The first kappa shape index (κ1) is 14.7. The van der Waals surface area contributed by atoms with Gasteiger partial charge in [-0.15, -0.1) is 0 Å². The van der Waals surface area contributed by atoms with Crippen LogP contribution in [0.4, 0.5) is 5.69 Å². The zero-order chi connectivity index (χ0) is 14.7. The summed E-state index contributed by atoms with van der Waals surface area (Å²) in [5.74, 6) is 1.07. The molecule has 106 valence electrons. The van der Waals surface area contributed by atoms with Crippen LogP contribution in [0.3, 0.4) is 0 Å². The fraction of sp³-hybridized carbons (Fsp3) is 0.200. The number of aliphatic hydroxyl groups excluding tert-OH is 1. The molecule has 0 saturated heterocycles. The Morgan fingerprint density at radius 3 is 2.50 bits per heavy atom. The van der Waals surface area contributed by atoms with E-state index in [9.17, 15) is 5.11 Å². The number of nitrogens with two attached hydrogens (primary N) is 1. The van der Waals surface area contributed by atoms with E-state index in [1.54, 1.807) is 44.6 Å². The first-order chi connectivity index (χ1) is 9.58. The van der Waals surface area contributed by atoms with Crippen LogP contribution >= 0.6 is 15.9 Å². The van der Waals surface area contributed by atoms with Gasteiger partial charge in [-0.25, -0.2) is 0 Å². The topological polar surface area (TPSA) is 64.7 Å². The third-order valence-corrected chi connectivity index (χ3v) is 3.56. The summed E-state index contributed by atoms with van der Waals surface area (Å²) in [5, 5.41) is 10.6. The van der Waals surface area contributed by atoms with Gasteiger partial charge in [-0.2, -0.15) is 0 Å². The number of halogens is 1. The van der Waals surface area contributed by atoms with Crippen LogP contribution in [0.25, 0.3) is 0 Å². The maximum atomic E-state index is 10.6. The predicted molar refractivity (Wildman–Crippen MR) is 82.2 cm³/mol. The number of aliphatic hydroxyl groups is 1. The summed E-state index contributed by atoms with van der Waals surface area (Å²) >= 11 is 3.38. The lowest BCUT2D eigenvalue weighted by atomic mass is 9.99. The second kappa shape index (κ2) is 6.15. The molecule has 0 bridgehead atoms. The maximum absolute atomic E-state index is 10.6. The summed E-state index contributed by atoms with van der Waals surface area (Å²) in [6.45, 7) is 0. The van der Waals surface area contributed by atoms with Gasteiger partial charge in [0.2, 0.25) is 0 Å². The molecule has 0 saturated carbocycles. The molecule has 0 aromatic heterocycles.